The highest BCUT2D eigenvalue weighted by Gasteiger charge is 2.30. The molecule has 1 aliphatic rings. The number of quaternary nitrogens is 1. The number of rotatable bonds is 4. The SMILES string of the molecule is CCOC(=O)[C@H]1CCC[NH+](Cc2ccc(F)cc2F)C1. The van der Waals surface area contributed by atoms with Crippen LogP contribution in [-0.2, 0) is 16.1 Å². The van der Waals surface area contributed by atoms with E-state index in [1.165, 1.54) is 12.1 Å². The molecule has 3 nitrogen and oxygen atoms in total. The normalized spacial score (nSPS) is 22.6. The lowest BCUT2D eigenvalue weighted by molar-refractivity contribution is -0.921. The van der Waals surface area contributed by atoms with Gasteiger partial charge in [0.2, 0.25) is 0 Å². The molecule has 0 amide bonds. The molecule has 1 aromatic rings. The molecular weight excluding hydrogens is 264 g/mol. The van der Waals surface area contributed by atoms with Crippen molar-refractivity contribution in [3.05, 3.63) is 35.4 Å². The number of hydrogen-bond donors (Lipinski definition) is 1. The summed E-state index contributed by atoms with van der Waals surface area (Å²) in [4.78, 5) is 12.9. The fraction of sp³-hybridized carbons (Fsp3) is 0.533. The Bertz CT molecular complexity index is 479. The second-order valence-electron chi connectivity index (χ2n) is 5.21. The number of hydrogen-bond acceptors (Lipinski definition) is 2. The molecule has 1 heterocycles. The van der Waals surface area contributed by atoms with Crippen LogP contribution in [0.3, 0.4) is 0 Å². The molecule has 1 fully saturated rings. The predicted molar refractivity (Wildman–Crippen MR) is 70.1 cm³/mol. The summed E-state index contributed by atoms with van der Waals surface area (Å²) in [5.41, 5.74) is 0.492. The molecule has 0 aromatic heterocycles. The Morgan fingerprint density at radius 1 is 1.45 bits per heavy atom. The van der Waals surface area contributed by atoms with Crippen LogP contribution < -0.4 is 4.90 Å². The fourth-order valence-corrected chi connectivity index (χ4v) is 2.71. The number of nitrogens with one attached hydrogen (secondary N) is 1. The third-order valence-corrected chi connectivity index (χ3v) is 3.69. The minimum absolute atomic E-state index is 0.109. The Morgan fingerprint density at radius 2 is 2.25 bits per heavy atom. The van der Waals surface area contributed by atoms with Crippen molar-refractivity contribution in [2.24, 2.45) is 5.92 Å². The molecule has 1 aromatic carbocycles. The standard InChI is InChI=1S/C15H19F2NO2/c1-2-20-15(19)12-4-3-7-18(10-12)9-11-5-6-13(16)8-14(11)17/h5-6,8,12H,2-4,7,9-10H2,1H3/p+1/t12-/m0/s1. The lowest BCUT2D eigenvalue weighted by Crippen LogP contribution is -3.12. The Kier molecular flexibility index (Phi) is 5.06. The molecular formula is C15H20F2NO2+. The number of carbonyl (C=O) groups excluding carboxylic acids is 1. The van der Waals surface area contributed by atoms with Gasteiger partial charge in [0, 0.05) is 11.6 Å². The minimum Gasteiger partial charge on any atom is -0.466 e. The summed E-state index contributed by atoms with van der Waals surface area (Å²) in [6.45, 7) is 4.20. The number of benzene rings is 1. The summed E-state index contributed by atoms with van der Waals surface area (Å²) >= 11 is 0. The largest absolute Gasteiger partial charge is 0.466 e. The first-order valence-electron chi connectivity index (χ1n) is 7.04. The van der Waals surface area contributed by atoms with Gasteiger partial charge >= 0.3 is 5.97 Å². The van der Waals surface area contributed by atoms with Crippen LogP contribution in [-0.4, -0.2) is 25.7 Å². The number of halogens is 2. The van der Waals surface area contributed by atoms with E-state index < -0.39 is 11.6 Å². The highest BCUT2D eigenvalue weighted by Crippen LogP contribution is 2.12. The van der Waals surface area contributed by atoms with E-state index in [4.69, 9.17) is 4.74 Å². The highest BCUT2D eigenvalue weighted by atomic mass is 19.1. The summed E-state index contributed by atoms with van der Waals surface area (Å²) in [5, 5.41) is 0. The summed E-state index contributed by atoms with van der Waals surface area (Å²) in [6.07, 6.45) is 1.75. The van der Waals surface area contributed by atoms with Crippen molar-refractivity contribution in [2.75, 3.05) is 19.7 Å². The number of likely N-dealkylation sites (tertiary alicyclic amines) is 1. The molecule has 0 aliphatic carbocycles. The third kappa shape index (κ3) is 3.76. The van der Waals surface area contributed by atoms with Gasteiger partial charge in [0.05, 0.1) is 19.7 Å². The minimum atomic E-state index is -0.565. The zero-order chi connectivity index (χ0) is 14.5. The smallest absolute Gasteiger partial charge is 0.314 e. The van der Waals surface area contributed by atoms with E-state index in [-0.39, 0.29) is 11.9 Å². The molecule has 2 rings (SSSR count). The molecule has 0 radical (unpaired) electrons. The van der Waals surface area contributed by atoms with Crippen LogP contribution in [0.2, 0.25) is 0 Å². The van der Waals surface area contributed by atoms with Crippen LogP contribution in [0.25, 0.3) is 0 Å². The average molecular weight is 284 g/mol. The Balaban J connectivity index is 1.97. The van der Waals surface area contributed by atoms with Gasteiger partial charge in [-0.1, -0.05) is 0 Å². The van der Waals surface area contributed by atoms with Gasteiger partial charge in [-0.2, -0.15) is 0 Å². The number of carbonyl (C=O) groups is 1. The number of piperidine rings is 1. The van der Waals surface area contributed by atoms with E-state index >= 15 is 0 Å². The van der Waals surface area contributed by atoms with Gasteiger partial charge in [0.1, 0.15) is 24.1 Å². The van der Waals surface area contributed by atoms with Gasteiger partial charge in [0.25, 0.3) is 0 Å². The molecule has 1 saturated heterocycles. The lowest BCUT2D eigenvalue weighted by atomic mass is 9.97. The molecule has 110 valence electrons. The maximum absolute atomic E-state index is 13.6. The summed E-state index contributed by atoms with van der Waals surface area (Å²) in [7, 11) is 0. The van der Waals surface area contributed by atoms with E-state index in [0.717, 1.165) is 30.4 Å². The van der Waals surface area contributed by atoms with Crippen molar-refractivity contribution in [1.82, 2.24) is 0 Å². The molecule has 0 spiro atoms. The van der Waals surface area contributed by atoms with E-state index in [1.54, 1.807) is 6.92 Å². The van der Waals surface area contributed by atoms with Crippen LogP contribution in [0.1, 0.15) is 25.3 Å². The van der Waals surface area contributed by atoms with E-state index in [9.17, 15) is 13.6 Å². The number of ether oxygens (including phenoxy) is 1. The van der Waals surface area contributed by atoms with Crippen LogP contribution in [0.5, 0.6) is 0 Å². The van der Waals surface area contributed by atoms with Crippen molar-refractivity contribution in [3.8, 4) is 0 Å². The Hall–Kier alpha value is -1.49. The monoisotopic (exact) mass is 284 g/mol. The molecule has 1 N–H and O–H groups in total. The van der Waals surface area contributed by atoms with Crippen molar-refractivity contribution in [2.45, 2.75) is 26.3 Å². The Labute approximate surface area is 117 Å². The van der Waals surface area contributed by atoms with Gasteiger partial charge in [0.15, 0.2) is 0 Å². The second kappa shape index (κ2) is 6.79. The first kappa shape index (κ1) is 14.9. The maximum atomic E-state index is 13.6. The zero-order valence-corrected chi connectivity index (χ0v) is 11.6. The molecule has 2 atom stereocenters. The van der Waals surface area contributed by atoms with Crippen LogP contribution in [0.4, 0.5) is 8.78 Å². The molecule has 0 bridgehead atoms. The summed E-state index contributed by atoms with van der Waals surface area (Å²) in [6, 6.07) is 3.65. The quantitative estimate of drug-likeness (QED) is 0.846. The van der Waals surface area contributed by atoms with E-state index in [2.05, 4.69) is 0 Å². The first-order chi connectivity index (χ1) is 9.60. The van der Waals surface area contributed by atoms with Crippen LogP contribution in [0.15, 0.2) is 18.2 Å². The highest BCUT2D eigenvalue weighted by molar-refractivity contribution is 5.72. The first-order valence-corrected chi connectivity index (χ1v) is 7.04. The van der Waals surface area contributed by atoms with Gasteiger partial charge in [-0.15, -0.1) is 0 Å². The van der Waals surface area contributed by atoms with Crippen molar-refractivity contribution in [1.29, 1.82) is 0 Å². The van der Waals surface area contributed by atoms with Gasteiger partial charge in [-0.3, -0.25) is 4.79 Å². The molecule has 1 aliphatic heterocycles. The van der Waals surface area contributed by atoms with Crippen LogP contribution >= 0.6 is 0 Å². The van der Waals surface area contributed by atoms with Crippen molar-refractivity contribution >= 4 is 5.97 Å². The van der Waals surface area contributed by atoms with Crippen molar-refractivity contribution in [3.63, 3.8) is 0 Å². The van der Waals surface area contributed by atoms with Gasteiger partial charge in [-0.25, -0.2) is 8.78 Å². The lowest BCUT2D eigenvalue weighted by Gasteiger charge is -2.28. The van der Waals surface area contributed by atoms with Crippen molar-refractivity contribution < 1.29 is 23.2 Å². The summed E-state index contributed by atoms with van der Waals surface area (Å²) < 4.78 is 31.6. The maximum Gasteiger partial charge on any atom is 0.314 e. The summed E-state index contributed by atoms with van der Waals surface area (Å²) in [5.74, 6) is -1.36. The molecule has 0 saturated carbocycles. The number of esters is 1. The van der Waals surface area contributed by atoms with Gasteiger partial charge < -0.3 is 9.64 Å². The Morgan fingerprint density at radius 3 is 2.95 bits per heavy atom. The zero-order valence-electron chi connectivity index (χ0n) is 11.6. The molecule has 5 heteroatoms. The molecule has 1 unspecified atom stereocenters. The third-order valence-electron chi connectivity index (χ3n) is 3.69. The van der Waals surface area contributed by atoms with E-state index in [0.29, 0.717) is 25.3 Å². The predicted octanol–water partition coefficient (Wildman–Crippen LogP) is 1.32. The fourth-order valence-electron chi connectivity index (χ4n) is 2.71. The van der Waals surface area contributed by atoms with E-state index in [1.807, 2.05) is 0 Å². The van der Waals surface area contributed by atoms with Gasteiger partial charge in [-0.05, 0) is 31.9 Å². The molecule has 20 heavy (non-hydrogen) atoms. The second-order valence-corrected chi connectivity index (χ2v) is 5.21. The van der Waals surface area contributed by atoms with Crippen LogP contribution in [0, 0.1) is 17.6 Å². The topological polar surface area (TPSA) is 30.7 Å². The average Bonchev–Trinajstić information content (AvgIpc) is 2.43.